The molecule has 2 aromatic carbocycles. The third-order valence-corrected chi connectivity index (χ3v) is 3.95. The lowest BCUT2D eigenvalue weighted by Gasteiger charge is -2.11. The first kappa shape index (κ1) is 19.1. The Morgan fingerprint density at radius 1 is 1.07 bits per heavy atom. The van der Waals surface area contributed by atoms with Crippen LogP contribution in [0.25, 0.3) is 11.0 Å². The van der Waals surface area contributed by atoms with Crippen molar-refractivity contribution in [1.82, 2.24) is 4.98 Å². The summed E-state index contributed by atoms with van der Waals surface area (Å²) in [5.41, 5.74) is 0.571. The van der Waals surface area contributed by atoms with E-state index >= 15 is 0 Å². The van der Waals surface area contributed by atoms with E-state index in [4.69, 9.17) is 14.2 Å². The fourth-order valence-corrected chi connectivity index (χ4v) is 2.63. The van der Waals surface area contributed by atoms with E-state index in [-0.39, 0.29) is 35.7 Å². The van der Waals surface area contributed by atoms with Crippen molar-refractivity contribution in [2.24, 2.45) is 0 Å². The van der Waals surface area contributed by atoms with Gasteiger partial charge in [-0.1, -0.05) is 18.2 Å². The quantitative estimate of drug-likeness (QED) is 0.366. The fourth-order valence-electron chi connectivity index (χ4n) is 2.63. The van der Waals surface area contributed by atoms with Crippen LogP contribution in [-0.4, -0.2) is 30.6 Å². The molecule has 0 spiro atoms. The monoisotopic (exact) mass is 382 g/mol. The third-order valence-electron chi connectivity index (χ3n) is 3.95. The Balaban J connectivity index is 1.93. The molecule has 3 rings (SSSR count). The number of aromatic nitrogens is 2. The zero-order valence-electron chi connectivity index (χ0n) is 15.4. The Bertz CT molecular complexity index is 1030. The maximum atomic E-state index is 12.7. The molecule has 0 aliphatic carbocycles. The minimum Gasteiger partial charge on any atom is -0.618 e. The zero-order chi connectivity index (χ0) is 20.1. The normalized spacial score (nSPS) is 10.5. The first-order valence-electron chi connectivity index (χ1n) is 8.54. The molecule has 0 fully saturated rings. The van der Waals surface area contributed by atoms with Gasteiger partial charge in [-0.2, -0.15) is 4.73 Å². The highest BCUT2D eigenvalue weighted by molar-refractivity contribution is 5.90. The van der Waals surface area contributed by atoms with E-state index in [9.17, 15) is 14.8 Å². The molecule has 28 heavy (non-hydrogen) atoms. The molecule has 8 heteroatoms. The Labute approximate surface area is 160 Å². The number of para-hydroxylation sites is 2. The molecule has 1 heterocycles. The van der Waals surface area contributed by atoms with Gasteiger partial charge in [-0.05, 0) is 31.2 Å². The lowest BCUT2D eigenvalue weighted by molar-refractivity contribution is -0.581. The average Bonchev–Trinajstić information content (AvgIpc) is 2.72. The van der Waals surface area contributed by atoms with Crippen LogP contribution in [0.5, 0.6) is 5.75 Å². The highest BCUT2D eigenvalue weighted by Gasteiger charge is 2.28. The largest absolute Gasteiger partial charge is 0.618 e. The van der Waals surface area contributed by atoms with Gasteiger partial charge in [0.1, 0.15) is 17.9 Å². The number of benzene rings is 2. The molecule has 3 aromatic rings. The molecule has 0 radical (unpaired) electrons. The molecule has 0 atom stereocenters. The molecule has 0 saturated carbocycles. The van der Waals surface area contributed by atoms with Gasteiger partial charge >= 0.3 is 17.6 Å². The summed E-state index contributed by atoms with van der Waals surface area (Å²) in [6.45, 7) is 1.36. The summed E-state index contributed by atoms with van der Waals surface area (Å²) in [6, 6.07) is 13.0. The number of hydrogen-bond acceptors (Lipinski definition) is 7. The van der Waals surface area contributed by atoms with Crippen LogP contribution in [0.3, 0.4) is 0 Å². The maximum absolute atomic E-state index is 12.7. The summed E-state index contributed by atoms with van der Waals surface area (Å²) in [4.78, 5) is 28.9. The predicted octanol–water partition coefficient (Wildman–Crippen LogP) is 2.41. The molecular formula is C20H18N2O6. The summed E-state index contributed by atoms with van der Waals surface area (Å²) in [5.74, 6) is -0.966. The number of fused-ring (bicyclic) bond motifs is 1. The Morgan fingerprint density at radius 2 is 1.86 bits per heavy atom. The molecule has 8 nitrogen and oxygen atoms in total. The zero-order valence-corrected chi connectivity index (χ0v) is 15.4. The van der Waals surface area contributed by atoms with E-state index in [0.29, 0.717) is 16.0 Å². The highest BCUT2D eigenvalue weighted by atomic mass is 16.5. The number of carbonyl (C=O) groups excluding carboxylic acids is 2. The van der Waals surface area contributed by atoms with Crippen LogP contribution in [0.2, 0.25) is 0 Å². The molecule has 0 N–H and O–H groups in total. The van der Waals surface area contributed by atoms with Gasteiger partial charge < -0.3 is 19.4 Å². The second kappa shape index (κ2) is 8.34. The Hall–Kier alpha value is -3.68. The predicted molar refractivity (Wildman–Crippen MR) is 98.8 cm³/mol. The maximum Gasteiger partial charge on any atom is 0.407 e. The molecule has 0 aliphatic rings. The van der Waals surface area contributed by atoms with Crippen molar-refractivity contribution in [3.63, 3.8) is 0 Å². The molecule has 0 amide bonds. The van der Waals surface area contributed by atoms with Crippen LogP contribution in [0, 0.1) is 5.21 Å². The second-order valence-electron chi connectivity index (χ2n) is 5.72. The van der Waals surface area contributed by atoms with Gasteiger partial charge in [0, 0.05) is 6.07 Å². The van der Waals surface area contributed by atoms with Crippen molar-refractivity contribution in [2.45, 2.75) is 13.5 Å². The van der Waals surface area contributed by atoms with E-state index < -0.39 is 11.9 Å². The minimum absolute atomic E-state index is 0.0170. The van der Waals surface area contributed by atoms with Crippen LogP contribution >= 0.6 is 0 Å². The van der Waals surface area contributed by atoms with Crippen molar-refractivity contribution in [1.29, 1.82) is 0 Å². The minimum atomic E-state index is -0.830. The van der Waals surface area contributed by atoms with Crippen molar-refractivity contribution < 1.29 is 28.5 Å². The van der Waals surface area contributed by atoms with E-state index in [1.807, 2.05) is 0 Å². The smallest absolute Gasteiger partial charge is 0.407 e. The first-order valence-corrected chi connectivity index (χ1v) is 8.54. The van der Waals surface area contributed by atoms with Crippen LogP contribution < -0.4 is 9.47 Å². The van der Waals surface area contributed by atoms with Gasteiger partial charge in [0.05, 0.1) is 19.3 Å². The number of esters is 2. The van der Waals surface area contributed by atoms with Crippen LogP contribution in [0.4, 0.5) is 0 Å². The number of ether oxygens (including phenoxy) is 3. The standard InChI is InChI=1S/C20H18N2O6/c1-3-27-20(24)18-16(21-15-9-4-5-10-17(15)22(18)25)12-28-19(23)13-7-6-8-14(11-13)26-2/h4-11H,3,12H2,1-2H3. The molecule has 1 aromatic heterocycles. The van der Waals surface area contributed by atoms with E-state index in [1.165, 1.54) is 13.2 Å². The SMILES string of the molecule is CCOC(=O)c1c(COC(=O)c2cccc(OC)c2)nc2ccccc2[n+]1[O-]. The van der Waals surface area contributed by atoms with E-state index in [0.717, 1.165) is 0 Å². The van der Waals surface area contributed by atoms with Crippen molar-refractivity contribution in [3.8, 4) is 5.75 Å². The molecule has 0 saturated heterocycles. The Morgan fingerprint density at radius 3 is 2.61 bits per heavy atom. The van der Waals surface area contributed by atoms with Gasteiger partial charge in [0.15, 0.2) is 5.69 Å². The van der Waals surface area contributed by atoms with Gasteiger partial charge in [0.2, 0.25) is 5.52 Å². The van der Waals surface area contributed by atoms with Crippen LogP contribution in [0.1, 0.15) is 33.5 Å². The fraction of sp³-hybridized carbons (Fsp3) is 0.200. The molecule has 144 valence electrons. The number of hydrogen-bond donors (Lipinski definition) is 0. The average molecular weight is 382 g/mol. The Kier molecular flexibility index (Phi) is 5.69. The van der Waals surface area contributed by atoms with Gasteiger partial charge in [0.25, 0.3) is 0 Å². The summed E-state index contributed by atoms with van der Waals surface area (Å²) < 4.78 is 15.8. The number of methoxy groups -OCH3 is 1. The van der Waals surface area contributed by atoms with Gasteiger partial charge in [-0.3, -0.25) is 0 Å². The van der Waals surface area contributed by atoms with Crippen LogP contribution in [-0.2, 0) is 16.1 Å². The van der Waals surface area contributed by atoms with Gasteiger partial charge in [-0.25, -0.2) is 14.6 Å². The molecular weight excluding hydrogens is 364 g/mol. The number of rotatable bonds is 6. The summed E-state index contributed by atoms with van der Waals surface area (Å²) >= 11 is 0. The summed E-state index contributed by atoms with van der Waals surface area (Å²) in [7, 11) is 1.49. The molecule has 0 unspecified atom stereocenters. The first-order chi connectivity index (χ1) is 13.5. The lowest BCUT2D eigenvalue weighted by Crippen LogP contribution is -2.39. The third kappa shape index (κ3) is 3.85. The topological polar surface area (TPSA) is 102 Å². The van der Waals surface area contributed by atoms with E-state index in [2.05, 4.69) is 4.98 Å². The van der Waals surface area contributed by atoms with Crippen LogP contribution in [0.15, 0.2) is 48.5 Å². The molecule has 0 aliphatic heterocycles. The van der Waals surface area contributed by atoms with Crippen molar-refractivity contribution >= 4 is 23.0 Å². The van der Waals surface area contributed by atoms with Crippen molar-refractivity contribution in [3.05, 3.63) is 70.7 Å². The van der Waals surface area contributed by atoms with E-state index in [1.54, 1.807) is 49.4 Å². The lowest BCUT2D eigenvalue weighted by atomic mass is 10.2. The number of carbonyl (C=O) groups is 2. The van der Waals surface area contributed by atoms with Crippen molar-refractivity contribution in [2.75, 3.05) is 13.7 Å². The molecule has 0 bridgehead atoms. The second-order valence-corrected chi connectivity index (χ2v) is 5.72. The highest BCUT2D eigenvalue weighted by Crippen LogP contribution is 2.16. The summed E-state index contributed by atoms with van der Waals surface area (Å²) in [6.07, 6.45) is 0. The number of nitrogens with zero attached hydrogens (tertiary/aromatic N) is 2. The van der Waals surface area contributed by atoms with Gasteiger partial charge in [-0.15, -0.1) is 0 Å². The summed E-state index contributed by atoms with van der Waals surface area (Å²) in [5, 5.41) is 12.7.